The third-order valence-corrected chi connectivity index (χ3v) is 8.99. The second-order valence-electron chi connectivity index (χ2n) is 9.82. The maximum atomic E-state index is 13.6. The summed E-state index contributed by atoms with van der Waals surface area (Å²) in [6, 6.07) is 2.01. The van der Waals surface area contributed by atoms with Crippen LogP contribution in [0.15, 0.2) is 47.8 Å². The molecule has 0 bridgehead atoms. The third kappa shape index (κ3) is 5.97. The van der Waals surface area contributed by atoms with E-state index in [-0.39, 0.29) is 35.3 Å². The first-order valence-electron chi connectivity index (χ1n) is 12.4. The molecule has 2 unspecified atom stereocenters. The molecule has 3 aliphatic rings. The molecule has 2 aliphatic carbocycles. The van der Waals surface area contributed by atoms with Crippen molar-refractivity contribution < 1.29 is 17.4 Å². The molecular weight excluding hydrogens is 534 g/mol. The fourth-order valence-corrected chi connectivity index (χ4v) is 7.05. The van der Waals surface area contributed by atoms with Crippen molar-refractivity contribution in [3.05, 3.63) is 63.8 Å². The number of hydrogen-bond acceptors (Lipinski definition) is 9. The van der Waals surface area contributed by atoms with Crippen LogP contribution in [0.1, 0.15) is 59.3 Å². The summed E-state index contributed by atoms with van der Waals surface area (Å²) in [4.78, 5) is 22.7. The van der Waals surface area contributed by atoms with Crippen LogP contribution >= 0.6 is 22.9 Å². The summed E-state index contributed by atoms with van der Waals surface area (Å²) in [5.74, 6) is 0.398. The molecule has 9 nitrogen and oxygen atoms in total. The van der Waals surface area contributed by atoms with Crippen molar-refractivity contribution in [1.29, 1.82) is 0 Å². The minimum absolute atomic E-state index is 0.0319. The van der Waals surface area contributed by atoms with Crippen LogP contribution in [-0.4, -0.2) is 48.7 Å². The van der Waals surface area contributed by atoms with Gasteiger partial charge in [0, 0.05) is 12.2 Å². The largest absolute Gasteiger partial charge is 0.367 e. The highest BCUT2D eigenvalue weighted by Crippen LogP contribution is 2.42. The minimum atomic E-state index is -3.96. The van der Waals surface area contributed by atoms with E-state index in [1.165, 1.54) is 17.7 Å². The van der Waals surface area contributed by atoms with Gasteiger partial charge in [-0.25, -0.2) is 15.1 Å². The van der Waals surface area contributed by atoms with Gasteiger partial charge in [0.05, 0.1) is 28.0 Å². The van der Waals surface area contributed by atoms with E-state index in [4.69, 9.17) is 20.9 Å². The normalized spacial score (nSPS) is 27.8. The van der Waals surface area contributed by atoms with E-state index in [9.17, 15) is 13.2 Å². The lowest BCUT2D eigenvalue weighted by atomic mass is 9.80. The molecule has 2 fully saturated rings. The van der Waals surface area contributed by atoms with Crippen molar-refractivity contribution >= 4 is 44.8 Å². The fourth-order valence-electron chi connectivity index (χ4n) is 5.50. The highest BCUT2D eigenvalue weighted by Gasteiger charge is 2.40. The summed E-state index contributed by atoms with van der Waals surface area (Å²) in [6.45, 7) is 0.957. The number of nitrogens with zero attached hydrogens (tertiary/aromatic N) is 2. The van der Waals surface area contributed by atoms with E-state index in [2.05, 4.69) is 44.2 Å². The molecular formula is C25H30ClN5O4S2. The highest BCUT2D eigenvalue weighted by atomic mass is 35.5. The van der Waals surface area contributed by atoms with E-state index in [1.807, 2.05) is 6.07 Å². The van der Waals surface area contributed by atoms with Gasteiger partial charge in [0.2, 0.25) is 5.78 Å². The number of aromatic nitrogens is 2. The minimum Gasteiger partial charge on any atom is -0.367 e. The molecule has 0 radical (unpaired) electrons. The number of alkyl halides is 1. The fraction of sp³-hybridized carbons (Fsp3) is 0.480. The number of carbonyl (C=O) groups excluding carboxylic acids is 1. The molecule has 12 heteroatoms. The molecule has 5 rings (SSSR count). The smallest absolute Gasteiger partial charge is 0.333 e. The van der Waals surface area contributed by atoms with Gasteiger partial charge in [0.15, 0.2) is 0 Å². The lowest BCUT2D eigenvalue weighted by Gasteiger charge is -2.32. The monoisotopic (exact) mass is 563 g/mol. The predicted octanol–water partition coefficient (Wildman–Crippen LogP) is 3.64. The Morgan fingerprint density at radius 2 is 2.24 bits per heavy atom. The molecule has 4 N–H and O–H groups in total. The Balaban J connectivity index is 1.33. The van der Waals surface area contributed by atoms with Crippen molar-refractivity contribution in [2.75, 3.05) is 18.5 Å². The molecule has 1 saturated carbocycles. The Labute approximate surface area is 225 Å². The highest BCUT2D eigenvalue weighted by molar-refractivity contribution is 7.84. The standard InChI is InChI=1S/C25H30ClN5O4S2/c26-19-4-1-3-17(10-19)25(7-2-8-30-25)18-11-22(36-14-18)23(32)21-12-28-15-29-24(21)31-20-6-5-16(9-20)13-35-37(27,33)34/h1,3,10-12,14-16,19-20,30H,2,4-9,13H2,(H2,27,33,34)(H,28,29,31)/t16-,19?,20+,25?/m1/s1. The lowest BCUT2D eigenvalue weighted by molar-refractivity contribution is 0.104. The van der Waals surface area contributed by atoms with Crippen LogP contribution in [0, 0.1) is 5.92 Å². The van der Waals surface area contributed by atoms with Gasteiger partial charge >= 0.3 is 10.3 Å². The molecule has 1 saturated heterocycles. The molecule has 2 aromatic rings. The van der Waals surface area contributed by atoms with Crippen LogP contribution in [0.25, 0.3) is 0 Å². The number of allylic oxidation sites excluding steroid dienone is 2. The van der Waals surface area contributed by atoms with Gasteiger partial charge in [-0.15, -0.1) is 22.9 Å². The number of rotatable bonds is 9. The number of ketones is 1. The number of thiophene rings is 1. The molecule has 0 spiro atoms. The Hall–Kier alpha value is -2.15. The summed E-state index contributed by atoms with van der Waals surface area (Å²) in [5, 5.41) is 14.0. The summed E-state index contributed by atoms with van der Waals surface area (Å²) >= 11 is 7.86. The third-order valence-electron chi connectivity index (χ3n) is 7.29. The number of nitrogens with one attached hydrogen (secondary N) is 2. The number of nitrogens with two attached hydrogens (primary N) is 1. The second kappa shape index (κ2) is 10.9. The summed E-state index contributed by atoms with van der Waals surface area (Å²) < 4.78 is 26.9. The molecule has 37 heavy (non-hydrogen) atoms. The molecule has 198 valence electrons. The van der Waals surface area contributed by atoms with Crippen LogP contribution in [-0.2, 0) is 20.0 Å². The number of halogens is 1. The van der Waals surface area contributed by atoms with Crippen molar-refractivity contribution in [2.24, 2.45) is 11.1 Å². The number of anilines is 1. The van der Waals surface area contributed by atoms with Crippen molar-refractivity contribution in [3.8, 4) is 0 Å². The molecule has 0 aromatic carbocycles. The van der Waals surface area contributed by atoms with Crippen molar-refractivity contribution in [3.63, 3.8) is 0 Å². The second-order valence-corrected chi connectivity index (χ2v) is 12.5. The van der Waals surface area contributed by atoms with Gasteiger partial charge in [0.25, 0.3) is 0 Å². The average molecular weight is 564 g/mol. The predicted molar refractivity (Wildman–Crippen MR) is 144 cm³/mol. The van der Waals surface area contributed by atoms with E-state index in [0.29, 0.717) is 22.7 Å². The Kier molecular flexibility index (Phi) is 7.80. The lowest BCUT2D eigenvalue weighted by Crippen LogP contribution is -2.38. The first-order chi connectivity index (χ1) is 17.7. The summed E-state index contributed by atoms with van der Waals surface area (Å²) in [6.07, 6.45) is 14.4. The molecule has 0 amide bonds. The van der Waals surface area contributed by atoms with E-state index in [1.54, 1.807) is 6.20 Å². The number of carbonyl (C=O) groups is 1. The van der Waals surface area contributed by atoms with E-state index < -0.39 is 10.3 Å². The molecule has 4 atom stereocenters. The quantitative estimate of drug-likeness (QED) is 0.311. The van der Waals surface area contributed by atoms with Gasteiger partial charge < -0.3 is 10.6 Å². The Bertz CT molecular complexity index is 1320. The Morgan fingerprint density at radius 3 is 3.00 bits per heavy atom. The van der Waals surface area contributed by atoms with Gasteiger partial charge in [-0.05, 0) is 73.6 Å². The maximum Gasteiger partial charge on any atom is 0.333 e. The van der Waals surface area contributed by atoms with Crippen LogP contribution in [0.2, 0.25) is 0 Å². The van der Waals surface area contributed by atoms with Crippen LogP contribution in [0.5, 0.6) is 0 Å². The van der Waals surface area contributed by atoms with Gasteiger partial charge in [-0.1, -0.05) is 18.2 Å². The van der Waals surface area contributed by atoms with Gasteiger partial charge in [0.1, 0.15) is 12.1 Å². The van der Waals surface area contributed by atoms with Crippen molar-refractivity contribution in [2.45, 2.75) is 55.5 Å². The van der Waals surface area contributed by atoms with Crippen LogP contribution < -0.4 is 15.8 Å². The van der Waals surface area contributed by atoms with E-state index >= 15 is 0 Å². The summed E-state index contributed by atoms with van der Waals surface area (Å²) in [7, 11) is -3.96. The topological polar surface area (TPSA) is 136 Å². The zero-order valence-corrected chi connectivity index (χ0v) is 22.6. The van der Waals surface area contributed by atoms with Gasteiger partial charge in [-0.2, -0.15) is 8.42 Å². The molecule has 2 aromatic heterocycles. The van der Waals surface area contributed by atoms with Gasteiger partial charge in [-0.3, -0.25) is 8.98 Å². The first-order valence-corrected chi connectivity index (χ1v) is 15.2. The van der Waals surface area contributed by atoms with Crippen molar-refractivity contribution in [1.82, 2.24) is 15.3 Å². The maximum absolute atomic E-state index is 13.6. The van der Waals surface area contributed by atoms with Crippen LogP contribution in [0.4, 0.5) is 5.82 Å². The first kappa shape index (κ1) is 26.5. The zero-order valence-electron chi connectivity index (χ0n) is 20.2. The van der Waals surface area contributed by atoms with E-state index in [0.717, 1.165) is 49.8 Å². The van der Waals surface area contributed by atoms with Crippen LogP contribution in [0.3, 0.4) is 0 Å². The Morgan fingerprint density at radius 1 is 1.38 bits per heavy atom. The number of hydrogen-bond donors (Lipinski definition) is 3. The SMILES string of the molecule is NS(=O)(=O)OC[C@@H]1CC[C@H](Nc2ncncc2C(=O)c2cc(C3(C4=CC(Cl)CC=C4)CCCN3)cs2)C1. The molecule has 3 heterocycles. The molecule has 1 aliphatic heterocycles. The average Bonchev–Trinajstić information content (AvgIpc) is 3.63. The summed E-state index contributed by atoms with van der Waals surface area (Å²) in [5.41, 5.74) is 2.29. The zero-order chi connectivity index (χ0) is 26.0.